The zero-order valence-electron chi connectivity index (χ0n) is 15.2. The quantitative estimate of drug-likeness (QED) is 0.632. The molecule has 0 radical (unpaired) electrons. The third kappa shape index (κ3) is 5.34. The smallest absolute Gasteiger partial charge is 0.255 e. The Kier molecular flexibility index (Phi) is 6.29. The van der Waals surface area contributed by atoms with Gasteiger partial charge in [0.15, 0.2) is 0 Å². The fourth-order valence-corrected chi connectivity index (χ4v) is 2.70. The highest BCUT2D eigenvalue weighted by atomic mass is 35.5. The van der Waals surface area contributed by atoms with Gasteiger partial charge in [0.1, 0.15) is 5.75 Å². The summed E-state index contributed by atoms with van der Waals surface area (Å²) in [4.78, 5) is 24.5. The number of hydrogen-bond donors (Lipinski definition) is 2. The Balaban J connectivity index is 1.56. The maximum atomic E-state index is 12.3. The normalized spacial score (nSPS) is 10.2. The second kappa shape index (κ2) is 9.06. The summed E-state index contributed by atoms with van der Waals surface area (Å²) < 4.78 is 5.09. The number of rotatable bonds is 6. The van der Waals surface area contributed by atoms with Crippen LogP contribution in [0.2, 0.25) is 5.02 Å². The van der Waals surface area contributed by atoms with Crippen LogP contribution in [0, 0.1) is 0 Å². The van der Waals surface area contributed by atoms with E-state index >= 15 is 0 Å². The van der Waals surface area contributed by atoms with Gasteiger partial charge in [0.2, 0.25) is 5.91 Å². The molecule has 142 valence electrons. The van der Waals surface area contributed by atoms with Gasteiger partial charge in [-0.05, 0) is 66.2 Å². The van der Waals surface area contributed by atoms with Crippen molar-refractivity contribution in [3.8, 4) is 5.75 Å². The van der Waals surface area contributed by atoms with E-state index in [1.54, 1.807) is 67.8 Å². The molecule has 0 spiro atoms. The van der Waals surface area contributed by atoms with E-state index in [0.717, 1.165) is 11.3 Å². The van der Waals surface area contributed by atoms with Crippen molar-refractivity contribution in [2.75, 3.05) is 17.7 Å². The van der Waals surface area contributed by atoms with Crippen LogP contribution in [0.5, 0.6) is 5.75 Å². The minimum Gasteiger partial charge on any atom is -0.497 e. The molecule has 3 aromatic rings. The van der Waals surface area contributed by atoms with E-state index < -0.39 is 0 Å². The molecule has 0 unspecified atom stereocenters. The monoisotopic (exact) mass is 394 g/mol. The Morgan fingerprint density at radius 2 is 1.39 bits per heavy atom. The third-order valence-electron chi connectivity index (χ3n) is 4.06. The fraction of sp³-hybridized carbons (Fsp3) is 0.0909. The highest BCUT2D eigenvalue weighted by Gasteiger charge is 2.08. The molecule has 3 rings (SSSR count). The van der Waals surface area contributed by atoms with Gasteiger partial charge in [-0.3, -0.25) is 9.59 Å². The molecule has 0 saturated heterocycles. The number of carbonyl (C=O) groups is 2. The molecule has 0 atom stereocenters. The number of nitrogens with one attached hydrogen (secondary N) is 2. The van der Waals surface area contributed by atoms with Crippen LogP contribution >= 0.6 is 11.6 Å². The van der Waals surface area contributed by atoms with Crippen molar-refractivity contribution < 1.29 is 14.3 Å². The molecular weight excluding hydrogens is 376 g/mol. The Bertz CT molecular complexity index is 953. The van der Waals surface area contributed by atoms with Gasteiger partial charge in [-0.1, -0.05) is 23.7 Å². The lowest BCUT2D eigenvalue weighted by Crippen LogP contribution is -2.15. The summed E-state index contributed by atoms with van der Waals surface area (Å²) >= 11 is 5.84. The molecule has 0 aliphatic heterocycles. The Labute approximate surface area is 168 Å². The number of methoxy groups -OCH3 is 1. The minimum absolute atomic E-state index is 0.141. The zero-order chi connectivity index (χ0) is 19.9. The van der Waals surface area contributed by atoms with Gasteiger partial charge >= 0.3 is 0 Å². The van der Waals surface area contributed by atoms with E-state index in [0.29, 0.717) is 22.0 Å². The largest absolute Gasteiger partial charge is 0.497 e. The van der Waals surface area contributed by atoms with Crippen molar-refractivity contribution in [1.29, 1.82) is 0 Å². The van der Waals surface area contributed by atoms with Crippen LogP contribution in [-0.2, 0) is 11.2 Å². The molecular formula is C22H19ClN2O3. The van der Waals surface area contributed by atoms with Crippen LogP contribution in [0.4, 0.5) is 11.4 Å². The summed E-state index contributed by atoms with van der Waals surface area (Å²) in [5.74, 6) is 0.346. The Morgan fingerprint density at radius 1 is 0.821 bits per heavy atom. The van der Waals surface area contributed by atoms with Crippen molar-refractivity contribution in [2.24, 2.45) is 0 Å². The molecule has 5 nitrogen and oxygen atoms in total. The molecule has 0 heterocycles. The van der Waals surface area contributed by atoms with E-state index in [9.17, 15) is 9.59 Å². The van der Waals surface area contributed by atoms with Gasteiger partial charge in [-0.15, -0.1) is 0 Å². The molecule has 0 aliphatic carbocycles. The van der Waals surface area contributed by atoms with E-state index in [-0.39, 0.29) is 18.2 Å². The van der Waals surface area contributed by atoms with Crippen LogP contribution in [0.25, 0.3) is 0 Å². The lowest BCUT2D eigenvalue weighted by molar-refractivity contribution is -0.115. The molecule has 0 fully saturated rings. The number of anilines is 2. The zero-order valence-corrected chi connectivity index (χ0v) is 16.0. The van der Waals surface area contributed by atoms with Crippen LogP contribution in [0.15, 0.2) is 72.8 Å². The topological polar surface area (TPSA) is 67.4 Å². The molecule has 0 aromatic heterocycles. The first-order valence-corrected chi connectivity index (χ1v) is 9.01. The first kappa shape index (κ1) is 19.5. The average Bonchev–Trinajstić information content (AvgIpc) is 2.71. The van der Waals surface area contributed by atoms with E-state index in [4.69, 9.17) is 16.3 Å². The number of ether oxygens (including phenoxy) is 1. The van der Waals surface area contributed by atoms with E-state index in [2.05, 4.69) is 10.6 Å². The van der Waals surface area contributed by atoms with Crippen molar-refractivity contribution in [3.63, 3.8) is 0 Å². The average molecular weight is 395 g/mol. The number of hydrogen-bond acceptors (Lipinski definition) is 3. The van der Waals surface area contributed by atoms with Gasteiger partial charge in [0, 0.05) is 22.0 Å². The Morgan fingerprint density at radius 3 is 2.00 bits per heavy atom. The summed E-state index contributed by atoms with van der Waals surface area (Å²) in [6.07, 6.45) is 0.247. The highest BCUT2D eigenvalue weighted by molar-refractivity contribution is 6.30. The second-order valence-electron chi connectivity index (χ2n) is 6.11. The standard InChI is InChI=1S/C22H19ClN2O3/c1-28-20-12-10-19(11-13-20)25-22(27)16-4-8-18(9-5-16)24-21(26)14-15-2-6-17(23)7-3-15/h2-13H,14H2,1H3,(H,24,26)(H,25,27). The lowest BCUT2D eigenvalue weighted by Gasteiger charge is -2.08. The first-order valence-electron chi connectivity index (χ1n) is 8.63. The first-order chi connectivity index (χ1) is 13.5. The third-order valence-corrected chi connectivity index (χ3v) is 4.31. The summed E-state index contributed by atoms with van der Waals surface area (Å²) in [5, 5.41) is 6.26. The molecule has 28 heavy (non-hydrogen) atoms. The maximum absolute atomic E-state index is 12.3. The molecule has 2 N–H and O–H groups in total. The van der Waals surface area contributed by atoms with Gasteiger partial charge in [-0.2, -0.15) is 0 Å². The molecule has 0 saturated carbocycles. The summed E-state index contributed by atoms with van der Waals surface area (Å²) in [6, 6.07) is 20.9. The van der Waals surface area contributed by atoms with Gasteiger partial charge in [0.05, 0.1) is 13.5 Å². The summed E-state index contributed by atoms with van der Waals surface area (Å²) in [7, 11) is 1.59. The minimum atomic E-state index is -0.232. The second-order valence-corrected chi connectivity index (χ2v) is 6.55. The van der Waals surface area contributed by atoms with Crippen molar-refractivity contribution >= 4 is 34.8 Å². The van der Waals surface area contributed by atoms with Crippen LogP contribution in [0.3, 0.4) is 0 Å². The molecule has 0 bridgehead atoms. The molecule has 2 amide bonds. The van der Waals surface area contributed by atoms with E-state index in [1.807, 2.05) is 12.1 Å². The van der Waals surface area contributed by atoms with Gasteiger partial charge in [-0.25, -0.2) is 0 Å². The lowest BCUT2D eigenvalue weighted by atomic mass is 10.1. The highest BCUT2D eigenvalue weighted by Crippen LogP contribution is 2.17. The predicted molar refractivity (Wildman–Crippen MR) is 111 cm³/mol. The molecule has 0 aliphatic rings. The fourth-order valence-electron chi connectivity index (χ4n) is 2.58. The summed E-state index contributed by atoms with van der Waals surface area (Å²) in [5.41, 5.74) is 2.66. The number of amides is 2. The SMILES string of the molecule is COc1ccc(NC(=O)c2ccc(NC(=O)Cc3ccc(Cl)cc3)cc2)cc1. The molecule has 6 heteroatoms. The van der Waals surface area contributed by atoms with Crippen molar-refractivity contribution in [3.05, 3.63) is 88.9 Å². The molecule has 3 aromatic carbocycles. The van der Waals surface area contributed by atoms with Gasteiger partial charge in [0.25, 0.3) is 5.91 Å². The van der Waals surface area contributed by atoms with Crippen molar-refractivity contribution in [2.45, 2.75) is 6.42 Å². The number of halogens is 1. The van der Waals surface area contributed by atoms with Crippen LogP contribution < -0.4 is 15.4 Å². The maximum Gasteiger partial charge on any atom is 0.255 e. The van der Waals surface area contributed by atoms with E-state index in [1.165, 1.54) is 0 Å². The Hall–Kier alpha value is -3.31. The number of carbonyl (C=O) groups excluding carboxylic acids is 2. The van der Waals surface area contributed by atoms with Crippen molar-refractivity contribution in [1.82, 2.24) is 0 Å². The van der Waals surface area contributed by atoms with Gasteiger partial charge < -0.3 is 15.4 Å². The van der Waals surface area contributed by atoms with Crippen LogP contribution in [-0.4, -0.2) is 18.9 Å². The summed E-state index contributed by atoms with van der Waals surface area (Å²) in [6.45, 7) is 0. The predicted octanol–water partition coefficient (Wildman–Crippen LogP) is 4.78. The number of benzene rings is 3. The van der Waals surface area contributed by atoms with Crippen LogP contribution in [0.1, 0.15) is 15.9 Å².